The summed E-state index contributed by atoms with van der Waals surface area (Å²) in [5.41, 5.74) is 2.50. The van der Waals surface area contributed by atoms with E-state index >= 15 is 0 Å². The van der Waals surface area contributed by atoms with Crippen LogP contribution < -0.4 is 19.1 Å². The third kappa shape index (κ3) is 4.42. The standard InChI is InChI=1S/C21H26N2O4S/c24-28(25,19-9-10-20-21(16-19)27-15-14-26-20)22-11-3-4-17-5-7-18(8-6-17)23-12-1-2-13-23/h5-10,16,22H,1-4,11-15H2. The van der Waals surface area contributed by atoms with Gasteiger partial charge in [-0.3, -0.25) is 0 Å². The lowest BCUT2D eigenvalue weighted by molar-refractivity contribution is 0.171. The Kier molecular flexibility index (Phi) is 5.73. The van der Waals surface area contributed by atoms with Crippen molar-refractivity contribution in [2.45, 2.75) is 30.6 Å². The molecule has 150 valence electrons. The lowest BCUT2D eigenvalue weighted by Crippen LogP contribution is -2.25. The Hall–Kier alpha value is -2.25. The summed E-state index contributed by atoms with van der Waals surface area (Å²) in [5.74, 6) is 1.06. The Bertz CT molecular complexity index is 907. The van der Waals surface area contributed by atoms with Gasteiger partial charge in [0.2, 0.25) is 10.0 Å². The maximum absolute atomic E-state index is 12.5. The number of anilines is 1. The van der Waals surface area contributed by atoms with E-state index < -0.39 is 10.0 Å². The van der Waals surface area contributed by atoms with Gasteiger partial charge in [0.05, 0.1) is 4.90 Å². The molecule has 0 radical (unpaired) electrons. The van der Waals surface area contributed by atoms with Gasteiger partial charge in [-0.1, -0.05) is 12.1 Å². The van der Waals surface area contributed by atoms with Crippen molar-refractivity contribution in [1.29, 1.82) is 0 Å². The van der Waals surface area contributed by atoms with Crippen LogP contribution in [0.25, 0.3) is 0 Å². The molecule has 1 fully saturated rings. The molecule has 0 amide bonds. The normalized spacial score (nSPS) is 16.4. The molecule has 0 atom stereocenters. The molecule has 0 unspecified atom stereocenters. The van der Waals surface area contributed by atoms with Gasteiger partial charge in [-0.25, -0.2) is 13.1 Å². The fourth-order valence-electron chi connectivity index (χ4n) is 3.62. The molecule has 4 rings (SSSR count). The molecule has 0 aliphatic carbocycles. The fraction of sp³-hybridized carbons (Fsp3) is 0.429. The molecule has 1 N–H and O–H groups in total. The SMILES string of the molecule is O=S(=O)(NCCCc1ccc(N2CCCC2)cc1)c1ccc2c(c1)OCCO2. The maximum atomic E-state index is 12.5. The van der Waals surface area contributed by atoms with Crippen molar-refractivity contribution in [2.75, 3.05) is 37.7 Å². The van der Waals surface area contributed by atoms with Gasteiger partial charge in [0, 0.05) is 31.4 Å². The molecule has 2 aliphatic heterocycles. The first kappa shape index (κ1) is 19.1. The summed E-state index contributed by atoms with van der Waals surface area (Å²) in [4.78, 5) is 2.61. The molecular weight excluding hydrogens is 376 g/mol. The first-order valence-corrected chi connectivity index (χ1v) is 11.3. The van der Waals surface area contributed by atoms with E-state index in [0.29, 0.717) is 31.3 Å². The number of aryl methyl sites for hydroxylation is 1. The number of sulfonamides is 1. The van der Waals surface area contributed by atoms with E-state index in [1.165, 1.54) is 30.2 Å². The molecule has 2 aromatic carbocycles. The first-order valence-electron chi connectivity index (χ1n) is 9.85. The minimum atomic E-state index is -3.56. The van der Waals surface area contributed by atoms with Gasteiger partial charge in [0.1, 0.15) is 13.2 Å². The van der Waals surface area contributed by atoms with Gasteiger partial charge in [0.15, 0.2) is 11.5 Å². The molecular formula is C21H26N2O4S. The first-order chi connectivity index (χ1) is 13.6. The van der Waals surface area contributed by atoms with E-state index in [2.05, 4.69) is 33.9 Å². The number of hydrogen-bond acceptors (Lipinski definition) is 5. The molecule has 2 heterocycles. The Morgan fingerprint density at radius 1 is 0.929 bits per heavy atom. The highest BCUT2D eigenvalue weighted by Crippen LogP contribution is 2.32. The number of nitrogens with zero attached hydrogens (tertiary/aromatic N) is 1. The predicted molar refractivity (Wildman–Crippen MR) is 109 cm³/mol. The van der Waals surface area contributed by atoms with Crippen LogP contribution in [0.15, 0.2) is 47.4 Å². The second-order valence-electron chi connectivity index (χ2n) is 7.17. The Balaban J connectivity index is 1.28. The van der Waals surface area contributed by atoms with E-state index in [1.807, 2.05) is 0 Å². The summed E-state index contributed by atoms with van der Waals surface area (Å²) < 4.78 is 38.6. The molecule has 0 aromatic heterocycles. The van der Waals surface area contributed by atoms with Crippen molar-refractivity contribution >= 4 is 15.7 Å². The van der Waals surface area contributed by atoms with Crippen LogP contribution in [0, 0.1) is 0 Å². The van der Waals surface area contributed by atoms with E-state index in [1.54, 1.807) is 12.1 Å². The number of hydrogen-bond donors (Lipinski definition) is 1. The molecule has 0 saturated carbocycles. The molecule has 1 saturated heterocycles. The van der Waals surface area contributed by atoms with Gasteiger partial charge in [-0.15, -0.1) is 0 Å². The third-order valence-corrected chi connectivity index (χ3v) is 6.62. The summed E-state index contributed by atoms with van der Waals surface area (Å²) in [6.07, 6.45) is 4.12. The van der Waals surface area contributed by atoms with Gasteiger partial charge < -0.3 is 14.4 Å². The van der Waals surface area contributed by atoms with Crippen LogP contribution in [0.4, 0.5) is 5.69 Å². The fourth-order valence-corrected chi connectivity index (χ4v) is 4.71. The summed E-state index contributed by atoms with van der Waals surface area (Å²) in [5, 5.41) is 0. The van der Waals surface area contributed by atoms with Crippen molar-refractivity contribution in [3.63, 3.8) is 0 Å². The number of fused-ring (bicyclic) bond motifs is 1. The highest BCUT2D eigenvalue weighted by Gasteiger charge is 2.19. The number of rotatable bonds is 7. The monoisotopic (exact) mass is 402 g/mol. The maximum Gasteiger partial charge on any atom is 0.240 e. The summed E-state index contributed by atoms with van der Waals surface area (Å²) in [7, 11) is -3.56. The second-order valence-corrected chi connectivity index (χ2v) is 8.93. The van der Waals surface area contributed by atoms with E-state index in [-0.39, 0.29) is 4.90 Å². The highest BCUT2D eigenvalue weighted by molar-refractivity contribution is 7.89. The van der Waals surface area contributed by atoms with Crippen molar-refractivity contribution in [1.82, 2.24) is 4.72 Å². The van der Waals surface area contributed by atoms with Crippen LogP contribution in [-0.4, -0.2) is 41.3 Å². The summed E-state index contributed by atoms with van der Waals surface area (Å²) in [6.45, 7) is 3.59. The molecule has 6 nitrogen and oxygen atoms in total. The molecule has 2 aliphatic rings. The zero-order chi connectivity index (χ0) is 19.4. The molecule has 2 aromatic rings. The average Bonchev–Trinajstić information content (AvgIpc) is 3.26. The number of nitrogens with one attached hydrogen (secondary N) is 1. The van der Waals surface area contributed by atoms with Gasteiger partial charge >= 0.3 is 0 Å². The van der Waals surface area contributed by atoms with E-state index in [9.17, 15) is 8.42 Å². The summed E-state index contributed by atoms with van der Waals surface area (Å²) >= 11 is 0. The topological polar surface area (TPSA) is 67.9 Å². The Morgan fingerprint density at radius 2 is 1.64 bits per heavy atom. The number of benzene rings is 2. The van der Waals surface area contributed by atoms with E-state index in [0.717, 1.165) is 25.9 Å². The minimum Gasteiger partial charge on any atom is -0.486 e. The third-order valence-electron chi connectivity index (χ3n) is 5.17. The molecule has 28 heavy (non-hydrogen) atoms. The molecule has 0 bridgehead atoms. The van der Waals surface area contributed by atoms with Crippen LogP contribution in [0.5, 0.6) is 11.5 Å². The molecule has 0 spiro atoms. The second kappa shape index (κ2) is 8.41. The largest absolute Gasteiger partial charge is 0.486 e. The van der Waals surface area contributed by atoms with Crippen molar-refractivity contribution < 1.29 is 17.9 Å². The zero-order valence-corrected chi connectivity index (χ0v) is 16.7. The Morgan fingerprint density at radius 3 is 2.39 bits per heavy atom. The van der Waals surface area contributed by atoms with Gasteiger partial charge in [-0.2, -0.15) is 0 Å². The van der Waals surface area contributed by atoms with E-state index in [4.69, 9.17) is 9.47 Å². The number of ether oxygens (including phenoxy) is 2. The quantitative estimate of drug-likeness (QED) is 0.721. The minimum absolute atomic E-state index is 0.201. The zero-order valence-electron chi connectivity index (χ0n) is 15.9. The lowest BCUT2D eigenvalue weighted by atomic mass is 10.1. The van der Waals surface area contributed by atoms with Crippen LogP contribution in [0.3, 0.4) is 0 Å². The smallest absolute Gasteiger partial charge is 0.240 e. The van der Waals surface area contributed by atoms with Gasteiger partial charge in [-0.05, 0) is 55.5 Å². The van der Waals surface area contributed by atoms with Crippen LogP contribution in [0.2, 0.25) is 0 Å². The predicted octanol–water partition coefficient (Wildman–Crippen LogP) is 2.97. The van der Waals surface area contributed by atoms with Crippen molar-refractivity contribution in [2.24, 2.45) is 0 Å². The van der Waals surface area contributed by atoms with Crippen LogP contribution >= 0.6 is 0 Å². The van der Waals surface area contributed by atoms with Crippen molar-refractivity contribution in [3.05, 3.63) is 48.0 Å². The highest BCUT2D eigenvalue weighted by atomic mass is 32.2. The lowest BCUT2D eigenvalue weighted by Gasteiger charge is -2.19. The molecule has 7 heteroatoms. The van der Waals surface area contributed by atoms with Crippen LogP contribution in [0.1, 0.15) is 24.8 Å². The van der Waals surface area contributed by atoms with Crippen molar-refractivity contribution in [3.8, 4) is 11.5 Å². The van der Waals surface area contributed by atoms with Crippen LogP contribution in [-0.2, 0) is 16.4 Å². The summed E-state index contributed by atoms with van der Waals surface area (Å²) in [6, 6.07) is 13.3. The Labute approximate surface area is 166 Å². The average molecular weight is 403 g/mol. The van der Waals surface area contributed by atoms with Gasteiger partial charge in [0.25, 0.3) is 0 Å².